The summed E-state index contributed by atoms with van der Waals surface area (Å²) in [6.45, 7) is 0. The minimum atomic E-state index is -0.762. The van der Waals surface area contributed by atoms with Crippen LogP contribution < -0.4 is 5.32 Å². The zero-order valence-electron chi connectivity index (χ0n) is 10.8. The van der Waals surface area contributed by atoms with Gasteiger partial charge in [0.2, 0.25) is 5.91 Å². The molecule has 1 fully saturated rings. The molecule has 1 saturated heterocycles. The van der Waals surface area contributed by atoms with Crippen LogP contribution in [0.4, 0.5) is 0 Å². The van der Waals surface area contributed by atoms with Crippen LogP contribution in [0.15, 0.2) is 30.5 Å². The van der Waals surface area contributed by atoms with Crippen LogP contribution in [0.5, 0.6) is 0 Å². The van der Waals surface area contributed by atoms with Crippen LogP contribution in [0, 0.1) is 0 Å². The van der Waals surface area contributed by atoms with Crippen molar-refractivity contribution in [2.24, 2.45) is 0 Å². The predicted octanol–water partition coefficient (Wildman–Crippen LogP) is 0.655. The number of nitrogens with one attached hydrogen (secondary N) is 2. The number of hydrogen-bond donors (Lipinski definition) is 2. The third-order valence-electron chi connectivity index (χ3n) is 3.50. The monoisotopic (exact) mass is 271 g/mol. The number of amides is 3. The molecule has 0 radical (unpaired) electrons. The van der Waals surface area contributed by atoms with Gasteiger partial charge in [-0.3, -0.25) is 19.3 Å². The van der Waals surface area contributed by atoms with E-state index in [0.29, 0.717) is 5.56 Å². The number of imide groups is 1. The summed E-state index contributed by atoms with van der Waals surface area (Å²) in [7, 11) is 1.42. The Labute approximate surface area is 114 Å². The third kappa shape index (κ3) is 1.95. The zero-order chi connectivity index (χ0) is 14.3. The largest absolute Gasteiger partial charge is 0.361 e. The van der Waals surface area contributed by atoms with Crippen molar-refractivity contribution in [3.8, 4) is 0 Å². The van der Waals surface area contributed by atoms with E-state index in [1.54, 1.807) is 24.4 Å². The summed E-state index contributed by atoms with van der Waals surface area (Å²) >= 11 is 0. The van der Waals surface area contributed by atoms with Crippen molar-refractivity contribution in [1.82, 2.24) is 15.2 Å². The van der Waals surface area contributed by atoms with Gasteiger partial charge in [0.05, 0.1) is 6.42 Å². The Morgan fingerprint density at radius 3 is 2.85 bits per heavy atom. The minimum absolute atomic E-state index is 0.0213. The lowest BCUT2D eigenvalue weighted by molar-refractivity contribution is -0.137. The molecule has 2 heterocycles. The highest BCUT2D eigenvalue weighted by atomic mass is 16.2. The normalized spacial score (nSPS) is 18.9. The Bertz CT molecular complexity index is 719. The number of nitrogens with zero attached hydrogens (tertiary/aromatic N) is 1. The number of likely N-dealkylation sites (tertiary alicyclic amines) is 1. The van der Waals surface area contributed by atoms with E-state index in [9.17, 15) is 14.4 Å². The van der Waals surface area contributed by atoms with Gasteiger partial charge in [-0.1, -0.05) is 0 Å². The van der Waals surface area contributed by atoms with E-state index in [0.717, 1.165) is 15.8 Å². The number of benzene rings is 1. The fourth-order valence-corrected chi connectivity index (χ4v) is 2.30. The lowest BCUT2D eigenvalue weighted by atomic mass is 10.1. The van der Waals surface area contributed by atoms with E-state index in [1.807, 2.05) is 6.07 Å². The maximum absolute atomic E-state index is 12.1. The van der Waals surface area contributed by atoms with Gasteiger partial charge in [-0.15, -0.1) is 0 Å². The van der Waals surface area contributed by atoms with Gasteiger partial charge in [0.15, 0.2) is 0 Å². The Balaban J connectivity index is 1.79. The zero-order valence-corrected chi connectivity index (χ0v) is 10.8. The average molecular weight is 271 g/mol. The van der Waals surface area contributed by atoms with Crippen molar-refractivity contribution >= 4 is 28.6 Å². The van der Waals surface area contributed by atoms with E-state index in [2.05, 4.69) is 10.3 Å². The molecule has 0 saturated carbocycles. The van der Waals surface area contributed by atoms with Gasteiger partial charge in [0, 0.05) is 29.7 Å². The first-order valence-electron chi connectivity index (χ1n) is 6.24. The molecule has 6 nitrogen and oxygen atoms in total. The summed E-state index contributed by atoms with van der Waals surface area (Å²) in [6.07, 6.45) is 1.81. The number of likely N-dealkylation sites (N-methyl/N-ethyl adjacent to an activating group) is 1. The van der Waals surface area contributed by atoms with Crippen molar-refractivity contribution in [3.63, 3.8) is 0 Å². The molecule has 1 aliphatic heterocycles. The van der Waals surface area contributed by atoms with Crippen LogP contribution >= 0.6 is 0 Å². The van der Waals surface area contributed by atoms with Crippen LogP contribution in [0.3, 0.4) is 0 Å². The Morgan fingerprint density at radius 1 is 1.35 bits per heavy atom. The van der Waals surface area contributed by atoms with E-state index < -0.39 is 6.04 Å². The summed E-state index contributed by atoms with van der Waals surface area (Å²) in [5.41, 5.74) is 1.40. The first-order valence-corrected chi connectivity index (χ1v) is 6.24. The van der Waals surface area contributed by atoms with Crippen LogP contribution in [-0.2, 0) is 9.59 Å². The molecule has 0 bridgehead atoms. The number of fused-ring (bicyclic) bond motifs is 1. The van der Waals surface area contributed by atoms with E-state index >= 15 is 0 Å². The highest BCUT2D eigenvalue weighted by molar-refractivity contribution is 6.08. The Morgan fingerprint density at radius 2 is 2.15 bits per heavy atom. The van der Waals surface area contributed by atoms with Gasteiger partial charge in [0.1, 0.15) is 6.04 Å². The van der Waals surface area contributed by atoms with Crippen LogP contribution in [0.1, 0.15) is 16.8 Å². The van der Waals surface area contributed by atoms with Gasteiger partial charge in [-0.2, -0.15) is 0 Å². The number of carbonyl (C=O) groups excluding carboxylic acids is 3. The van der Waals surface area contributed by atoms with Gasteiger partial charge in [0.25, 0.3) is 11.8 Å². The molecule has 2 N–H and O–H groups in total. The minimum Gasteiger partial charge on any atom is -0.361 e. The smallest absolute Gasteiger partial charge is 0.252 e. The van der Waals surface area contributed by atoms with Gasteiger partial charge in [-0.05, 0) is 24.3 Å². The molecule has 1 unspecified atom stereocenters. The van der Waals surface area contributed by atoms with Crippen LogP contribution in [-0.4, -0.2) is 40.7 Å². The maximum atomic E-state index is 12.1. The SMILES string of the molecule is CN1C(=O)CC(NC(=O)c2ccc3[nH]ccc3c2)C1=O. The molecule has 3 amide bonds. The fourth-order valence-electron chi connectivity index (χ4n) is 2.30. The lowest BCUT2D eigenvalue weighted by Gasteiger charge is -2.11. The van der Waals surface area contributed by atoms with Crippen molar-refractivity contribution in [3.05, 3.63) is 36.0 Å². The lowest BCUT2D eigenvalue weighted by Crippen LogP contribution is -2.40. The average Bonchev–Trinajstić information content (AvgIpc) is 2.99. The topological polar surface area (TPSA) is 82.3 Å². The van der Waals surface area contributed by atoms with Gasteiger partial charge in [-0.25, -0.2) is 0 Å². The molecular weight excluding hydrogens is 258 g/mol. The quantitative estimate of drug-likeness (QED) is 0.787. The Hall–Kier alpha value is -2.63. The number of hydrogen-bond acceptors (Lipinski definition) is 3. The number of aromatic nitrogens is 1. The number of rotatable bonds is 2. The van der Waals surface area contributed by atoms with Crippen LogP contribution in [0.25, 0.3) is 10.9 Å². The summed E-state index contributed by atoms with van der Waals surface area (Å²) in [4.78, 5) is 39.3. The molecule has 0 spiro atoms. The maximum Gasteiger partial charge on any atom is 0.252 e. The highest BCUT2D eigenvalue weighted by Gasteiger charge is 2.36. The van der Waals surface area contributed by atoms with E-state index in [-0.39, 0.29) is 24.1 Å². The molecule has 1 aromatic heterocycles. The summed E-state index contributed by atoms with van der Waals surface area (Å²) in [5.74, 6) is -0.998. The van der Waals surface area contributed by atoms with Gasteiger partial charge >= 0.3 is 0 Å². The first kappa shape index (κ1) is 12.4. The first-order chi connectivity index (χ1) is 9.56. The fraction of sp³-hybridized carbons (Fsp3) is 0.214. The Kier molecular flexibility index (Phi) is 2.78. The second-order valence-electron chi connectivity index (χ2n) is 4.80. The number of aromatic amines is 1. The van der Waals surface area contributed by atoms with E-state index in [4.69, 9.17) is 0 Å². The number of H-pyrrole nitrogens is 1. The highest BCUT2D eigenvalue weighted by Crippen LogP contribution is 2.16. The second kappa shape index (κ2) is 4.48. The van der Waals surface area contributed by atoms with Crippen molar-refractivity contribution in [2.45, 2.75) is 12.5 Å². The van der Waals surface area contributed by atoms with E-state index in [1.165, 1.54) is 7.05 Å². The molecule has 1 atom stereocenters. The molecular formula is C14H13N3O3. The van der Waals surface area contributed by atoms with Crippen LogP contribution in [0.2, 0.25) is 0 Å². The predicted molar refractivity (Wildman–Crippen MR) is 71.9 cm³/mol. The molecule has 1 aliphatic rings. The molecule has 102 valence electrons. The standard InChI is InChI=1S/C14H13N3O3/c1-17-12(18)7-11(14(17)20)16-13(19)9-2-3-10-8(6-9)4-5-15-10/h2-6,11,15H,7H2,1H3,(H,16,19). The summed E-state index contributed by atoms with van der Waals surface area (Å²) in [6, 6.07) is 6.33. The van der Waals surface area contributed by atoms with Crippen molar-refractivity contribution in [1.29, 1.82) is 0 Å². The molecule has 20 heavy (non-hydrogen) atoms. The second-order valence-corrected chi connectivity index (χ2v) is 4.80. The number of carbonyl (C=O) groups is 3. The van der Waals surface area contributed by atoms with Crippen molar-refractivity contribution < 1.29 is 14.4 Å². The summed E-state index contributed by atoms with van der Waals surface area (Å²) < 4.78 is 0. The molecule has 0 aliphatic carbocycles. The van der Waals surface area contributed by atoms with Crippen molar-refractivity contribution in [2.75, 3.05) is 7.05 Å². The third-order valence-corrected chi connectivity index (χ3v) is 3.50. The molecule has 3 rings (SSSR count). The molecule has 2 aromatic rings. The molecule has 1 aromatic carbocycles. The summed E-state index contributed by atoms with van der Waals surface area (Å²) in [5, 5.41) is 3.52. The van der Waals surface area contributed by atoms with Gasteiger partial charge < -0.3 is 10.3 Å². The molecule has 6 heteroatoms.